The zero-order chi connectivity index (χ0) is 21.4. The quantitative estimate of drug-likeness (QED) is 0.354. The van der Waals surface area contributed by atoms with E-state index in [4.69, 9.17) is 4.74 Å². The van der Waals surface area contributed by atoms with Crippen LogP contribution in [0.3, 0.4) is 0 Å². The molecule has 0 unspecified atom stereocenters. The van der Waals surface area contributed by atoms with Crippen molar-refractivity contribution in [2.45, 2.75) is 13.8 Å². The van der Waals surface area contributed by atoms with Gasteiger partial charge in [0, 0.05) is 33.6 Å². The Balaban J connectivity index is 1.37. The van der Waals surface area contributed by atoms with Gasteiger partial charge in [0.15, 0.2) is 0 Å². The first-order valence-electron chi connectivity index (χ1n) is 10.1. The van der Waals surface area contributed by atoms with Gasteiger partial charge < -0.3 is 9.72 Å². The molecule has 2 N–H and O–H groups in total. The van der Waals surface area contributed by atoms with E-state index in [9.17, 15) is 4.79 Å². The van der Waals surface area contributed by atoms with Crippen LogP contribution < -0.4 is 10.1 Å². The zero-order valence-electron chi connectivity index (χ0n) is 17.3. The van der Waals surface area contributed by atoms with E-state index in [1.54, 1.807) is 12.1 Å². The number of carbonyl (C=O) groups is 1. The van der Waals surface area contributed by atoms with Crippen molar-refractivity contribution >= 4 is 33.7 Å². The molecule has 0 radical (unpaired) electrons. The summed E-state index contributed by atoms with van der Waals surface area (Å²) in [6, 6.07) is 25.4. The molecule has 31 heavy (non-hydrogen) atoms. The molecule has 0 aliphatic heterocycles. The number of hydrogen-bond donors (Lipinski definition) is 2. The first-order valence-corrected chi connectivity index (χ1v) is 10.1. The van der Waals surface area contributed by atoms with E-state index in [0.29, 0.717) is 11.6 Å². The van der Waals surface area contributed by atoms with Crippen molar-refractivity contribution in [3.05, 3.63) is 90.0 Å². The summed E-state index contributed by atoms with van der Waals surface area (Å²) in [6.07, 6.45) is -0.580. The monoisotopic (exact) mass is 407 g/mol. The van der Waals surface area contributed by atoms with Crippen LogP contribution in [0.25, 0.3) is 33.1 Å². The number of nitrogens with one attached hydrogen (secondary N) is 2. The number of amides is 1. The van der Waals surface area contributed by atoms with E-state index in [2.05, 4.69) is 53.4 Å². The fourth-order valence-electron chi connectivity index (χ4n) is 3.92. The number of rotatable bonds is 3. The molecular weight excluding hydrogens is 386 g/mol. The van der Waals surface area contributed by atoms with Gasteiger partial charge in [-0.1, -0.05) is 36.4 Å². The highest BCUT2D eigenvalue weighted by molar-refractivity contribution is 5.90. The first-order chi connectivity index (χ1) is 15.1. The van der Waals surface area contributed by atoms with Gasteiger partial charge in [0.05, 0.1) is 5.52 Å². The molecule has 1 amide bonds. The number of aromatic nitrogens is 2. The number of carbonyl (C=O) groups excluding carboxylic acids is 1. The lowest BCUT2D eigenvalue weighted by molar-refractivity contribution is 0.215. The second-order valence-corrected chi connectivity index (χ2v) is 7.60. The minimum absolute atomic E-state index is 0.446. The second-order valence-electron chi connectivity index (χ2n) is 7.60. The predicted molar refractivity (Wildman–Crippen MR) is 125 cm³/mol. The number of anilines is 1. The Hall–Kier alpha value is -4.12. The molecule has 5 heteroatoms. The lowest BCUT2D eigenvalue weighted by Crippen LogP contribution is -2.17. The maximum atomic E-state index is 12.4. The van der Waals surface area contributed by atoms with Gasteiger partial charge in [-0.25, -0.2) is 9.78 Å². The number of ether oxygens (including phenoxy) is 1. The molecule has 0 bridgehead atoms. The highest BCUT2D eigenvalue weighted by Gasteiger charge is 2.11. The number of aryl methyl sites for hydroxylation is 2. The molecule has 5 aromatic rings. The van der Waals surface area contributed by atoms with E-state index in [-0.39, 0.29) is 0 Å². The number of benzene rings is 3. The van der Waals surface area contributed by atoms with Crippen LogP contribution in [0.5, 0.6) is 5.75 Å². The van der Waals surface area contributed by atoms with E-state index in [0.717, 1.165) is 27.5 Å². The zero-order valence-corrected chi connectivity index (χ0v) is 17.3. The van der Waals surface area contributed by atoms with Crippen LogP contribution >= 0.6 is 0 Å². The lowest BCUT2D eigenvalue weighted by atomic mass is 10.0. The van der Waals surface area contributed by atoms with Crippen molar-refractivity contribution in [3.63, 3.8) is 0 Å². The minimum Gasteiger partial charge on any atom is -0.410 e. The third-order valence-electron chi connectivity index (χ3n) is 5.38. The summed E-state index contributed by atoms with van der Waals surface area (Å²) in [7, 11) is 0. The van der Waals surface area contributed by atoms with Crippen molar-refractivity contribution < 1.29 is 9.53 Å². The Labute approximate surface area is 179 Å². The number of pyridine rings is 1. The van der Waals surface area contributed by atoms with Gasteiger partial charge in [-0.15, -0.1) is 0 Å². The molecule has 0 atom stereocenters. The van der Waals surface area contributed by atoms with Gasteiger partial charge in [-0.05, 0) is 61.4 Å². The Morgan fingerprint density at radius 3 is 2.48 bits per heavy atom. The molecule has 0 aliphatic rings. The molecule has 152 valence electrons. The maximum absolute atomic E-state index is 12.4. The van der Waals surface area contributed by atoms with Crippen LogP contribution in [0.2, 0.25) is 0 Å². The molecular formula is C26H21N3O2. The van der Waals surface area contributed by atoms with Crippen molar-refractivity contribution in [1.29, 1.82) is 0 Å². The van der Waals surface area contributed by atoms with Gasteiger partial charge >= 0.3 is 6.09 Å². The van der Waals surface area contributed by atoms with Crippen molar-refractivity contribution in [2.75, 3.05) is 5.32 Å². The predicted octanol–water partition coefficient (Wildman–Crippen LogP) is 6.61. The van der Waals surface area contributed by atoms with Crippen LogP contribution in [0.15, 0.2) is 78.9 Å². The molecule has 0 aliphatic carbocycles. The number of hydrogen-bond acceptors (Lipinski definition) is 3. The Kier molecular flexibility index (Phi) is 4.64. The summed E-state index contributed by atoms with van der Waals surface area (Å²) < 4.78 is 5.49. The molecule has 5 nitrogen and oxygen atoms in total. The van der Waals surface area contributed by atoms with Gasteiger partial charge in [0.2, 0.25) is 0 Å². The second kappa shape index (κ2) is 7.61. The summed E-state index contributed by atoms with van der Waals surface area (Å²) in [6.45, 7) is 4.21. The van der Waals surface area contributed by atoms with Crippen LogP contribution in [0.1, 0.15) is 11.1 Å². The van der Waals surface area contributed by atoms with Crippen molar-refractivity contribution in [3.8, 4) is 17.0 Å². The van der Waals surface area contributed by atoms with E-state index in [1.807, 2.05) is 42.5 Å². The largest absolute Gasteiger partial charge is 0.418 e. The number of para-hydroxylation sites is 1. The molecule has 2 heterocycles. The summed E-state index contributed by atoms with van der Waals surface area (Å²) in [4.78, 5) is 20.3. The van der Waals surface area contributed by atoms with Gasteiger partial charge in [-0.2, -0.15) is 0 Å². The number of aromatic amines is 1. The standard InChI is InChI=1S/C26H21N3O2/c1-16-6-5-7-17(2)25(16)23-14-19-10-12-20(15-22(19)27-23)31-26(30)29-24-13-11-18-8-3-4-9-21(18)28-24/h3-15,27H,1-2H3,(H,28,29,30). The van der Waals surface area contributed by atoms with Gasteiger partial charge in [0.25, 0.3) is 0 Å². The SMILES string of the molecule is Cc1cccc(C)c1-c1cc2ccc(OC(=O)Nc3ccc4ccccc4n3)cc2[nH]1. The van der Waals surface area contributed by atoms with E-state index < -0.39 is 6.09 Å². The molecule has 5 rings (SSSR count). The highest BCUT2D eigenvalue weighted by atomic mass is 16.6. The van der Waals surface area contributed by atoms with Crippen LogP contribution in [-0.2, 0) is 0 Å². The summed E-state index contributed by atoms with van der Waals surface area (Å²) in [5.41, 5.74) is 6.39. The van der Waals surface area contributed by atoms with Crippen LogP contribution in [0.4, 0.5) is 10.6 Å². The molecule has 2 aromatic heterocycles. The smallest absolute Gasteiger partial charge is 0.410 e. The fourth-order valence-corrected chi connectivity index (χ4v) is 3.92. The average Bonchev–Trinajstić information content (AvgIpc) is 3.16. The summed E-state index contributed by atoms with van der Waals surface area (Å²) >= 11 is 0. The van der Waals surface area contributed by atoms with E-state index in [1.165, 1.54) is 16.7 Å². The average molecular weight is 407 g/mol. The summed E-state index contributed by atoms with van der Waals surface area (Å²) in [5.74, 6) is 0.905. The molecule has 0 spiro atoms. The van der Waals surface area contributed by atoms with Gasteiger partial charge in [0.1, 0.15) is 11.6 Å². The molecule has 0 fully saturated rings. The van der Waals surface area contributed by atoms with Crippen LogP contribution in [0, 0.1) is 13.8 Å². The normalized spacial score (nSPS) is 11.0. The van der Waals surface area contributed by atoms with Crippen molar-refractivity contribution in [1.82, 2.24) is 9.97 Å². The number of fused-ring (bicyclic) bond motifs is 2. The van der Waals surface area contributed by atoms with E-state index >= 15 is 0 Å². The third-order valence-corrected chi connectivity index (χ3v) is 5.38. The molecule has 3 aromatic carbocycles. The summed E-state index contributed by atoms with van der Waals surface area (Å²) in [5, 5.41) is 4.76. The lowest BCUT2D eigenvalue weighted by Gasteiger charge is -2.07. The Morgan fingerprint density at radius 2 is 1.65 bits per heavy atom. The first kappa shape index (κ1) is 18.9. The number of nitrogens with zero attached hydrogens (tertiary/aromatic N) is 1. The molecule has 0 saturated carbocycles. The molecule has 0 saturated heterocycles. The van der Waals surface area contributed by atoms with Crippen LogP contribution in [-0.4, -0.2) is 16.1 Å². The fraction of sp³-hybridized carbons (Fsp3) is 0.0769. The minimum atomic E-state index is -0.580. The highest BCUT2D eigenvalue weighted by Crippen LogP contribution is 2.31. The topological polar surface area (TPSA) is 67.0 Å². The Morgan fingerprint density at radius 1 is 0.871 bits per heavy atom. The third kappa shape index (κ3) is 3.73. The Bertz CT molecular complexity index is 1420. The number of H-pyrrole nitrogens is 1. The van der Waals surface area contributed by atoms with Gasteiger partial charge in [-0.3, -0.25) is 5.32 Å². The maximum Gasteiger partial charge on any atom is 0.418 e. The van der Waals surface area contributed by atoms with Crippen molar-refractivity contribution in [2.24, 2.45) is 0 Å².